The zero-order valence-corrected chi connectivity index (χ0v) is 11.9. The van der Waals surface area contributed by atoms with Crippen molar-refractivity contribution in [2.24, 2.45) is 5.73 Å². The number of halogens is 1. The van der Waals surface area contributed by atoms with Gasteiger partial charge in [0.15, 0.2) is 0 Å². The third-order valence-electron chi connectivity index (χ3n) is 3.45. The van der Waals surface area contributed by atoms with Crippen molar-refractivity contribution in [2.75, 3.05) is 18.0 Å². The van der Waals surface area contributed by atoms with E-state index in [1.54, 1.807) is 0 Å². The number of nitrogens with two attached hydrogens (primary N) is 1. The van der Waals surface area contributed by atoms with E-state index in [0.29, 0.717) is 6.04 Å². The minimum Gasteiger partial charge on any atom is -0.354 e. The first-order chi connectivity index (χ1) is 8.22. The molecule has 2 rings (SSSR count). The highest BCUT2D eigenvalue weighted by Gasteiger charge is 2.25. The van der Waals surface area contributed by atoms with Gasteiger partial charge in [0.25, 0.3) is 0 Å². The van der Waals surface area contributed by atoms with Crippen LogP contribution in [0.1, 0.15) is 31.2 Å². The van der Waals surface area contributed by atoms with Crippen LogP contribution in [-0.4, -0.2) is 24.1 Å². The predicted octanol–water partition coefficient (Wildman–Crippen LogP) is 2.86. The third-order valence-corrected chi connectivity index (χ3v) is 4.28. The van der Waals surface area contributed by atoms with Gasteiger partial charge < -0.3 is 10.6 Å². The van der Waals surface area contributed by atoms with Crippen molar-refractivity contribution in [2.45, 2.75) is 38.6 Å². The lowest BCUT2D eigenvalue weighted by molar-refractivity contribution is 0.582. The van der Waals surface area contributed by atoms with Gasteiger partial charge in [-0.1, -0.05) is 0 Å². The van der Waals surface area contributed by atoms with Crippen molar-refractivity contribution in [1.29, 1.82) is 0 Å². The predicted molar refractivity (Wildman–Crippen MR) is 75.3 cm³/mol. The lowest BCUT2D eigenvalue weighted by atomic mass is 10.1. The lowest BCUT2D eigenvalue weighted by Crippen LogP contribution is -2.30. The molecular formula is C13H20BrN3. The number of aromatic nitrogens is 1. The van der Waals surface area contributed by atoms with Gasteiger partial charge >= 0.3 is 0 Å². The fourth-order valence-electron chi connectivity index (χ4n) is 2.47. The number of hydrogen-bond acceptors (Lipinski definition) is 3. The van der Waals surface area contributed by atoms with Gasteiger partial charge in [-0.15, -0.1) is 0 Å². The lowest BCUT2D eigenvalue weighted by Gasteiger charge is -2.26. The first-order valence-electron chi connectivity index (χ1n) is 6.31. The molecule has 0 saturated carbocycles. The molecule has 1 aromatic rings. The number of anilines is 1. The van der Waals surface area contributed by atoms with Crippen molar-refractivity contribution >= 4 is 21.7 Å². The normalized spacial score (nSPS) is 19.9. The van der Waals surface area contributed by atoms with Gasteiger partial charge in [-0.3, -0.25) is 0 Å². The summed E-state index contributed by atoms with van der Waals surface area (Å²) in [7, 11) is 0. The van der Waals surface area contributed by atoms with Gasteiger partial charge in [-0.25, -0.2) is 4.98 Å². The second-order valence-corrected chi connectivity index (χ2v) is 5.57. The molecule has 0 amide bonds. The molecule has 0 bridgehead atoms. The van der Waals surface area contributed by atoms with Crippen molar-refractivity contribution < 1.29 is 0 Å². The van der Waals surface area contributed by atoms with Crippen LogP contribution in [0, 0.1) is 6.92 Å². The molecule has 0 aliphatic carbocycles. The molecule has 2 heterocycles. The zero-order valence-electron chi connectivity index (χ0n) is 10.3. The smallest absolute Gasteiger partial charge is 0.129 e. The molecule has 1 fully saturated rings. The van der Waals surface area contributed by atoms with Crippen LogP contribution in [0.4, 0.5) is 5.82 Å². The van der Waals surface area contributed by atoms with Crippen molar-refractivity contribution in [3.05, 3.63) is 22.3 Å². The molecule has 0 spiro atoms. The maximum Gasteiger partial charge on any atom is 0.129 e. The largest absolute Gasteiger partial charge is 0.354 e. The summed E-state index contributed by atoms with van der Waals surface area (Å²) in [6.45, 7) is 4.03. The van der Waals surface area contributed by atoms with Crippen molar-refractivity contribution in [3.8, 4) is 0 Å². The summed E-state index contributed by atoms with van der Waals surface area (Å²) in [5, 5.41) is 0. The molecule has 0 aromatic carbocycles. The molecule has 1 unspecified atom stereocenters. The molecule has 1 aliphatic rings. The maximum atomic E-state index is 5.59. The minimum atomic E-state index is 0.631. The quantitative estimate of drug-likeness (QED) is 0.929. The van der Waals surface area contributed by atoms with E-state index >= 15 is 0 Å². The van der Waals surface area contributed by atoms with Crippen LogP contribution in [-0.2, 0) is 0 Å². The Morgan fingerprint density at radius 3 is 3.12 bits per heavy atom. The number of rotatable bonds is 4. The zero-order chi connectivity index (χ0) is 12.3. The summed E-state index contributed by atoms with van der Waals surface area (Å²) in [5.41, 5.74) is 6.84. The molecule has 1 saturated heterocycles. The Labute approximate surface area is 112 Å². The topological polar surface area (TPSA) is 42.1 Å². The highest BCUT2D eigenvalue weighted by molar-refractivity contribution is 9.10. The summed E-state index contributed by atoms with van der Waals surface area (Å²) in [5.74, 6) is 1.12. The van der Waals surface area contributed by atoms with Gasteiger partial charge in [0.05, 0.1) is 0 Å². The summed E-state index contributed by atoms with van der Waals surface area (Å²) in [4.78, 5) is 6.97. The van der Waals surface area contributed by atoms with E-state index in [-0.39, 0.29) is 0 Å². The van der Waals surface area contributed by atoms with Crippen LogP contribution in [0.25, 0.3) is 0 Å². The highest BCUT2D eigenvalue weighted by atomic mass is 79.9. The van der Waals surface area contributed by atoms with Crippen LogP contribution in [0.2, 0.25) is 0 Å². The van der Waals surface area contributed by atoms with Gasteiger partial charge in [0.1, 0.15) is 5.82 Å². The Hall–Kier alpha value is -0.610. The Kier molecular flexibility index (Phi) is 4.40. The van der Waals surface area contributed by atoms with Gasteiger partial charge in [-0.2, -0.15) is 0 Å². The third kappa shape index (κ3) is 2.99. The Morgan fingerprint density at radius 1 is 1.59 bits per heavy atom. The number of hydrogen-bond donors (Lipinski definition) is 1. The van der Waals surface area contributed by atoms with E-state index < -0.39 is 0 Å². The molecule has 1 atom stereocenters. The van der Waals surface area contributed by atoms with Crippen LogP contribution < -0.4 is 10.6 Å². The fraction of sp³-hybridized carbons (Fsp3) is 0.615. The number of pyridine rings is 1. The van der Waals surface area contributed by atoms with E-state index in [2.05, 4.69) is 38.8 Å². The summed E-state index contributed by atoms with van der Waals surface area (Å²) >= 11 is 3.50. The first-order valence-corrected chi connectivity index (χ1v) is 7.10. The Bertz CT molecular complexity index is 381. The van der Waals surface area contributed by atoms with Gasteiger partial charge in [0, 0.05) is 23.3 Å². The molecule has 94 valence electrons. The number of nitrogens with zero attached hydrogens (tertiary/aromatic N) is 2. The summed E-state index contributed by atoms with van der Waals surface area (Å²) in [6, 6.07) is 2.80. The molecular weight excluding hydrogens is 278 g/mol. The van der Waals surface area contributed by atoms with Crippen LogP contribution in [0.3, 0.4) is 0 Å². The minimum absolute atomic E-state index is 0.631. The summed E-state index contributed by atoms with van der Waals surface area (Å²) < 4.78 is 1.08. The standard InChI is InChI=1S/C13H20BrN3/c1-10-8-13(16-9-12(10)14)17-7-3-5-11(17)4-2-6-15/h8-9,11H,2-7,15H2,1H3. The van der Waals surface area contributed by atoms with E-state index in [1.165, 1.54) is 24.8 Å². The molecule has 0 radical (unpaired) electrons. The van der Waals surface area contributed by atoms with Crippen molar-refractivity contribution in [3.63, 3.8) is 0 Å². The SMILES string of the molecule is Cc1cc(N2CCCC2CCCN)ncc1Br. The highest BCUT2D eigenvalue weighted by Crippen LogP contribution is 2.28. The van der Waals surface area contributed by atoms with E-state index in [0.717, 1.165) is 29.8 Å². The van der Waals surface area contributed by atoms with Crippen LogP contribution in [0.15, 0.2) is 16.7 Å². The van der Waals surface area contributed by atoms with E-state index in [9.17, 15) is 0 Å². The van der Waals surface area contributed by atoms with Crippen LogP contribution in [0.5, 0.6) is 0 Å². The van der Waals surface area contributed by atoms with E-state index in [4.69, 9.17) is 5.73 Å². The fourth-order valence-corrected chi connectivity index (χ4v) is 2.69. The first kappa shape index (κ1) is 12.8. The Morgan fingerprint density at radius 2 is 2.41 bits per heavy atom. The maximum absolute atomic E-state index is 5.59. The monoisotopic (exact) mass is 297 g/mol. The second-order valence-electron chi connectivity index (χ2n) is 4.71. The molecule has 1 aromatic heterocycles. The molecule has 2 N–H and O–H groups in total. The molecule has 1 aliphatic heterocycles. The average molecular weight is 298 g/mol. The number of aryl methyl sites for hydroxylation is 1. The molecule has 3 nitrogen and oxygen atoms in total. The van der Waals surface area contributed by atoms with Crippen molar-refractivity contribution in [1.82, 2.24) is 4.98 Å². The Balaban J connectivity index is 2.11. The van der Waals surface area contributed by atoms with Gasteiger partial charge in [-0.05, 0) is 66.7 Å². The van der Waals surface area contributed by atoms with Gasteiger partial charge in [0.2, 0.25) is 0 Å². The molecule has 17 heavy (non-hydrogen) atoms. The average Bonchev–Trinajstić information content (AvgIpc) is 2.78. The van der Waals surface area contributed by atoms with Crippen LogP contribution >= 0.6 is 15.9 Å². The summed E-state index contributed by atoms with van der Waals surface area (Å²) in [6.07, 6.45) is 6.75. The molecule has 4 heteroatoms. The van der Waals surface area contributed by atoms with E-state index in [1.807, 2.05) is 6.20 Å². The second kappa shape index (κ2) is 5.83.